The molecule has 1 aromatic heterocycles. The number of oxazole rings is 1. The normalized spacial score (nSPS) is 15.0. The van der Waals surface area contributed by atoms with E-state index in [1.807, 2.05) is 20.8 Å². The second-order valence-electron chi connectivity index (χ2n) is 3.51. The summed E-state index contributed by atoms with van der Waals surface area (Å²) in [6.45, 7) is 5.59. The maximum absolute atomic E-state index is 11.4. The van der Waals surface area contributed by atoms with E-state index >= 15 is 0 Å². The molecule has 0 aliphatic heterocycles. The molecule has 1 atom stereocenters. The van der Waals surface area contributed by atoms with E-state index in [4.69, 9.17) is 4.42 Å². The van der Waals surface area contributed by atoms with E-state index in [0.717, 1.165) is 0 Å². The van der Waals surface area contributed by atoms with Crippen LogP contribution in [0.5, 0.6) is 0 Å². The van der Waals surface area contributed by atoms with Gasteiger partial charge in [-0.3, -0.25) is 0 Å². The van der Waals surface area contributed by atoms with E-state index in [-0.39, 0.29) is 4.75 Å². The summed E-state index contributed by atoms with van der Waals surface area (Å²) in [4.78, 5) is 3.82. The van der Waals surface area contributed by atoms with Crippen LogP contribution >= 0.6 is 0 Å². The molecule has 0 N–H and O–H groups in total. The lowest BCUT2D eigenvalue weighted by atomic mass is 10.3. The summed E-state index contributed by atoms with van der Waals surface area (Å²) in [6.07, 6.45) is 4.20. The molecule has 1 heterocycles. The zero-order chi connectivity index (χ0) is 9.90. The van der Waals surface area contributed by atoms with Gasteiger partial charge in [-0.1, -0.05) is 0 Å². The van der Waals surface area contributed by atoms with Crippen molar-refractivity contribution in [3.63, 3.8) is 0 Å². The van der Waals surface area contributed by atoms with E-state index in [2.05, 4.69) is 9.38 Å². The second-order valence-corrected chi connectivity index (χ2v) is 5.44. The van der Waals surface area contributed by atoms with Gasteiger partial charge in [-0.25, -0.2) is 9.19 Å². The van der Waals surface area contributed by atoms with Crippen LogP contribution in [-0.4, -0.2) is 20.2 Å². The molecule has 0 bridgehead atoms. The van der Waals surface area contributed by atoms with Crippen molar-refractivity contribution < 1.29 is 8.63 Å². The van der Waals surface area contributed by atoms with E-state index in [1.165, 1.54) is 18.9 Å². The predicted octanol–water partition coefficient (Wildman–Crippen LogP) is 1.56. The van der Waals surface area contributed by atoms with Gasteiger partial charge in [0.1, 0.15) is 22.9 Å². The molecular weight excluding hydrogens is 188 g/mol. The van der Waals surface area contributed by atoms with Crippen molar-refractivity contribution in [3.05, 3.63) is 18.4 Å². The molecule has 13 heavy (non-hydrogen) atoms. The third-order valence-electron chi connectivity index (χ3n) is 1.26. The quantitative estimate of drug-likeness (QED) is 0.681. The lowest BCUT2D eigenvalue weighted by Crippen LogP contribution is -2.19. The molecule has 0 radical (unpaired) electrons. The summed E-state index contributed by atoms with van der Waals surface area (Å²) < 4.78 is 19.7. The van der Waals surface area contributed by atoms with Gasteiger partial charge in [0.25, 0.3) is 0 Å². The monoisotopic (exact) mass is 200 g/mol. The highest BCUT2D eigenvalue weighted by molar-refractivity contribution is 7.85. The Labute approximate surface area is 79.7 Å². The fraction of sp³-hybridized carbons (Fsp3) is 0.500. The molecule has 0 aliphatic carbocycles. The summed E-state index contributed by atoms with van der Waals surface area (Å²) >= 11 is 0. The molecule has 72 valence electrons. The lowest BCUT2D eigenvalue weighted by Gasteiger charge is -2.12. The first kappa shape index (κ1) is 10.1. The summed E-state index contributed by atoms with van der Waals surface area (Å²) in [7, 11) is -1.23. The van der Waals surface area contributed by atoms with Crippen molar-refractivity contribution in [2.75, 3.05) is 0 Å². The molecule has 1 unspecified atom stereocenters. The molecule has 4 nitrogen and oxygen atoms in total. The van der Waals surface area contributed by atoms with E-state index in [1.54, 1.807) is 0 Å². The Kier molecular flexibility index (Phi) is 2.98. The fourth-order valence-electron chi connectivity index (χ4n) is 0.546. The molecular formula is C8H12N2O2S. The highest BCUT2D eigenvalue weighted by atomic mass is 32.2. The maximum Gasteiger partial charge on any atom is 0.181 e. The Hall–Kier alpha value is -0.970. The standard InChI is InChI=1S/C8H12N2O2S/c1-8(2,3)13(11)10-4-7-5-12-6-9-7/h4-6H,1-3H3. The van der Waals surface area contributed by atoms with Gasteiger partial charge in [0.05, 0.1) is 11.0 Å². The predicted molar refractivity (Wildman–Crippen MR) is 52.0 cm³/mol. The summed E-state index contributed by atoms with van der Waals surface area (Å²) in [5, 5.41) is 0. The maximum atomic E-state index is 11.4. The van der Waals surface area contributed by atoms with Crippen molar-refractivity contribution in [1.82, 2.24) is 4.98 Å². The minimum atomic E-state index is -1.23. The van der Waals surface area contributed by atoms with E-state index < -0.39 is 11.0 Å². The summed E-state index contributed by atoms with van der Waals surface area (Å²) in [5.41, 5.74) is 0.581. The van der Waals surface area contributed by atoms with E-state index in [0.29, 0.717) is 5.69 Å². The third-order valence-corrected chi connectivity index (χ3v) is 2.60. The van der Waals surface area contributed by atoms with Crippen LogP contribution in [0.3, 0.4) is 0 Å². The number of nitrogens with zero attached hydrogens (tertiary/aromatic N) is 2. The first-order valence-corrected chi connectivity index (χ1v) is 4.95. The van der Waals surface area contributed by atoms with Gasteiger partial charge in [-0.05, 0) is 20.8 Å². The average molecular weight is 200 g/mol. The van der Waals surface area contributed by atoms with Crippen LogP contribution in [0.1, 0.15) is 26.5 Å². The Balaban J connectivity index is 2.65. The molecule has 0 fully saturated rings. The molecule has 5 heteroatoms. The third kappa shape index (κ3) is 3.10. The van der Waals surface area contributed by atoms with Gasteiger partial charge in [-0.15, -0.1) is 0 Å². The molecule has 1 rings (SSSR count). The number of hydrogen-bond donors (Lipinski definition) is 0. The van der Waals surface area contributed by atoms with Crippen LogP contribution in [0.15, 0.2) is 21.5 Å². The van der Waals surface area contributed by atoms with Crippen LogP contribution in [0.2, 0.25) is 0 Å². The Bertz CT molecular complexity index is 311. The van der Waals surface area contributed by atoms with Crippen molar-refractivity contribution in [3.8, 4) is 0 Å². The van der Waals surface area contributed by atoms with E-state index in [9.17, 15) is 4.21 Å². The second kappa shape index (κ2) is 3.83. The van der Waals surface area contributed by atoms with Crippen molar-refractivity contribution in [1.29, 1.82) is 0 Å². The minimum absolute atomic E-state index is 0.333. The number of hydrogen-bond acceptors (Lipinski definition) is 3. The molecule has 0 aromatic carbocycles. The average Bonchev–Trinajstić information content (AvgIpc) is 2.50. The van der Waals surface area contributed by atoms with Crippen LogP contribution < -0.4 is 0 Å². The van der Waals surface area contributed by atoms with Crippen molar-refractivity contribution in [2.45, 2.75) is 25.5 Å². The first-order valence-electron chi connectivity index (χ1n) is 3.84. The van der Waals surface area contributed by atoms with Gasteiger partial charge in [0.15, 0.2) is 6.39 Å². The molecule has 1 aromatic rings. The largest absolute Gasteiger partial charge is 0.451 e. The highest BCUT2D eigenvalue weighted by Gasteiger charge is 2.18. The topological polar surface area (TPSA) is 55.5 Å². The molecule has 0 spiro atoms. The first-order chi connectivity index (χ1) is 6.00. The van der Waals surface area contributed by atoms with Crippen LogP contribution in [-0.2, 0) is 11.0 Å². The van der Waals surface area contributed by atoms with Gasteiger partial charge >= 0.3 is 0 Å². The molecule has 0 amide bonds. The highest BCUT2D eigenvalue weighted by Crippen LogP contribution is 2.11. The zero-order valence-corrected chi connectivity index (χ0v) is 8.67. The van der Waals surface area contributed by atoms with Gasteiger partial charge in [-0.2, -0.15) is 4.40 Å². The minimum Gasteiger partial charge on any atom is -0.451 e. The molecule has 0 aliphatic rings. The summed E-state index contributed by atoms with van der Waals surface area (Å²) in [5.74, 6) is 0. The number of aromatic nitrogens is 1. The Morgan fingerprint density at radius 1 is 1.62 bits per heavy atom. The van der Waals surface area contributed by atoms with Gasteiger partial charge in [0, 0.05) is 0 Å². The van der Waals surface area contributed by atoms with Gasteiger partial charge in [0.2, 0.25) is 0 Å². The van der Waals surface area contributed by atoms with Crippen molar-refractivity contribution in [2.24, 2.45) is 4.40 Å². The summed E-state index contributed by atoms with van der Waals surface area (Å²) in [6, 6.07) is 0. The van der Waals surface area contributed by atoms with Crippen LogP contribution in [0, 0.1) is 0 Å². The lowest BCUT2D eigenvalue weighted by molar-refractivity contribution is 0.557. The Morgan fingerprint density at radius 3 is 2.77 bits per heavy atom. The number of rotatable bonds is 2. The van der Waals surface area contributed by atoms with Gasteiger partial charge < -0.3 is 4.42 Å². The SMILES string of the molecule is CC(C)(C)S(=O)N=Cc1cocn1. The zero-order valence-electron chi connectivity index (χ0n) is 7.85. The van der Waals surface area contributed by atoms with Crippen molar-refractivity contribution >= 4 is 17.2 Å². The smallest absolute Gasteiger partial charge is 0.181 e. The Morgan fingerprint density at radius 2 is 2.31 bits per heavy atom. The van der Waals surface area contributed by atoms with Crippen LogP contribution in [0.25, 0.3) is 0 Å². The molecule has 0 saturated carbocycles. The molecule has 0 saturated heterocycles. The van der Waals surface area contributed by atoms with Crippen LogP contribution in [0.4, 0.5) is 0 Å². The fourth-order valence-corrected chi connectivity index (χ4v) is 1.07.